The average molecular weight is 331 g/mol. The van der Waals surface area contributed by atoms with Crippen molar-refractivity contribution >= 4 is 18.3 Å². The molecule has 1 aliphatic heterocycles. The zero-order valence-electron chi connectivity index (χ0n) is 13.3. The first-order chi connectivity index (χ1) is 10.1. The van der Waals surface area contributed by atoms with Crippen LogP contribution in [0, 0.1) is 0 Å². The van der Waals surface area contributed by atoms with Crippen LogP contribution in [0.1, 0.15) is 17.3 Å². The van der Waals surface area contributed by atoms with Gasteiger partial charge in [0.25, 0.3) is 5.91 Å². The highest BCUT2D eigenvalue weighted by atomic mass is 35.5. The molecule has 1 aromatic rings. The fourth-order valence-electron chi connectivity index (χ4n) is 2.48. The minimum absolute atomic E-state index is 0. The number of carbonyl (C=O) groups is 1. The lowest BCUT2D eigenvalue weighted by Gasteiger charge is -2.32. The molecule has 0 aromatic heterocycles. The summed E-state index contributed by atoms with van der Waals surface area (Å²) in [6.07, 6.45) is 0. The van der Waals surface area contributed by atoms with E-state index in [0.29, 0.717) is 35.9 Å². The van der Waals surface area contributed by atoms with Gasteiger partial charge in [0.1, 0.15) is 5.75 Å². The van der Waals surface area contributed by atoms with Gasteiger partial charge in [0.2, 0.25) is 0 Å². The molecule has 0 bridgehead atoms. The van der Waals surface area contributed by atoms with Gasteiger partial charge >= 0.3 is 0 Å². The van der Waals surface area contributed by atoms with Crippen molar-refractivity contribution < 1.29 is 19.0 Å². The van der Waals surface area contributed by atoms with Gasteiger partial charge < -0.3 is 24.4 Å². The number of nitrogens with zero attached hydrogens (tertiary/aromatic N) is 1. The van der Waals surface area contributed by atoms with Crippen LogP contribution in [-0.4, -0.2) is 57.8 Å². The highest BCUT2D eigenvalue weighted by Gasteiger charge is 2.25. The van der Waals surface area contributed by atoms with Crippen LogP contribution in [0.25, 0.3) is 0 Å². The van der Waals surface area contributed by atoms with E-state index in [1.54, 1.807) is 33.5 Å². The van der Waals surface area contributed by atoms with Crippen LogP contribution in [0.3, 0.4) is 0 Å². The highest BCUT2D eigenvalue weighted by Crippen LogP contribution is 2.35. The lowest BCUT2D eigenvalue weighted by atomic mass is 10.1. The molecule has 1 heterocycles. The Hall–Kier alpha value is -1.66. The van der Waals surface area contributed by atoms with E-state index >= 15 is 0 Å². The molecule has 1 fully saturated rings. The third-order valence-electron chi connectivity index (χ3n) is 3.59. The van der Waals surface area contributed by atoms with Crippen molar-refractivity contribution in [2.75, 3.05) is 41.0 Å². The second kappa shape index (κ2) is 8.10. The van der Waals surface area contributed by atoms with E-state index in [4.69, 9.17) is 14.2 Å². The number of halogens is 1. The van der Waals surface area contributed by atoms with Gasteiger partial charge in [-0.15, -0.1) is 12.4 Å². The molecule has 1 saturated heterocycles. The standard InChI is InChI=1S/C15H22N2O4.ClH/c1-10-9-17(6-5-16-10)15(18)11-7-13(20-3)14(21-4)8-12(11)19-2;/h7-8,10,16H,5-6,9H2,1-4H3;1H/t10-;/m0./s1. The molecule has 1 atom stereocenters. The van der Waals surface area contributed by atoms with E-state index in [-0.39, 0.29) is 24.4 Å². The van der Waals surface area contributed by atoms with Crippen LogP contribution in [0.15, 0.2) is 12.1 Å². The third-order valence-corrected chi connectivity index (χ3v) is 3.59. The maximum atomic E-state index is 12.7. The lowest BCUT2D eigenvalue weighted by Crippen LogP contribution is -2.51. The molecule has 0 radical (unpaired) electrons. The van der Waals surface area contributed by atoms with Crippen LogP contribution in [-0.2, 0) is 0 Å². The smallest absolute Gasteiger partial charge is 0.257 e. The predicted octanol–water partition coefficient (Wildman–Crippen LogP) is 1.57. The summed E-state index contributed by atoms with van der Waals surface area (Å²) in [6, 6.07) is 3.64. The molecule has 0 aliphatic carbocycles. The van der Waals surface area contributed by atoms with Crippen LogP contribution < -0.4 is 19.5 Å². The Bertz CT molecular complexity index is 525. The first kappa shape index (κ1) is 18.4. The number of carbonyl (C=O) groups excluding carboxylic acids is 1. The fraction of sp³-hybridized carbons (Fsp3) is 0.533. The molecule has 1 N–H and O–H groups in total. The Kier molecular flexibility index (Phi) is 6.77. The topological polar surface area (TPSA) is 60.0 Å². The number of rotatable bonds is 4. The van der Waals surface area contributed by atoms with Crippen molar-refractivity contribution in [3.8, 4) is 17.2 Å². The Morgan fingerprint density at radius 2 is 1.73 bits per heavy atom. The van der Waals surface area contributed by atoms with Gasteiger partial charge in [-0.3, -0.25) is 4.79 Å². The number of hydrogen-bond acceptors (Lipinski definition) is 5. The normalized spacial score (nSPS) is 17.5. The number of ether oxygens (including phenoxy) is 3. The third kappa shape index (κ3) is 3.75. The minimum atomic E-state index is -0.0545. The van der Waals surface area contributed by atoms with E-state index in [2.05, 4.69) is 12.2 Å². The van der Waals surface area contributed by atoms with Crippen molar-refractivity contribution in [1.82, 2.24) is 10.2 Å². The minimum Gasteiger partial charge on any atom is -0.496 e. The first-order valence-electron chi connectivity index (χ1n) is 6.93. The largest absolute Gasteiger partial charge is 0.496 e. The van der Waals surface area contributed by atoms with E-state index < -0.39 is 0 Å². The monoisotopic (exact) mass is 330 g/mol. The number of piperazine rings is 1. The Balaban J connectivity index is 0.00000242. The Labute approximate surface area is 137 Å². The molecule has 0 saturated carbocycles. The number of hydrogen-bond donors (Lipinski definition) is 1. The number of amides is 1. The fourth-order valence-corrected chi connectivity index (χ4v) is 2.48. The number of nitrogens with one attached hydrogen (secondary N) is 1. The molecule has 1 aromatic carbocycles. The summed E-state index contributed by atoms with van der Waals surface area (Å²) in [6.45, 7) is 4.21. The highest BCUT2D eigenvalue weighted by molar-refractivity contribution is 5.98. The van der Waals surface area contributed by atoms with Gasteiger partial charge in [-0.25, -0.2) is 0 Å². The summed E-state index contributed by atoms with van der Waals surface area (Å²) in [5, 5.41) is 3.32. The molecule has 22 heavy (non-hydrogen) atoms. The second-order valence-electron chi connectivity index (χ2n) is 5.01. The summed E-state index contributed by atoms with van der Waals surface area (Å²) in [5.41, 5.74) is 0.490. The van der Waals surface area contributed by atoms with Gasteiger partial charge in [0.15, 0.2) is 11.5 Å². The molecular formula is C15H23ClN2O4. The van der Waals surface area contributed by atoms with Crippen molar-refractivity contribution in [3.63, 3.8) is 0 Å². The van der Waals surface area contributed by atoms with Crippen molar-refractivity contribution in [3.05, 3.63) is 17.7 Å². The summed E-state index contributed by atoms with van der Waals surface area (Å²) >= 11 is 0. The van der Waals surface area contributed by atoms with Gasteiger partial charge in [-0.05, 0) is 6.92 Å². The van der Waals surface area contributed by atoms with Gasteiger partial charge in [-0.2, -0.15) is 0 Å². The lowest BCUT2D eigenvalue weighted by molar-refractivity contribution is 0.0705. The van der Waals surface area contributed by atoms with Gasteiger partial charge in [-0.1, -0.05) is 0 Å². The van der Waals surface area contributed by atoms with E-state index in [9.17, 15) is 4.79 Å². The number of benzene rings is 1. The Morgan fingerprint density at radius 3 is 2.27 bits per heavy atom. The molecule has 0 spiro atoms. The van der Waals surface area contributed by atoms with E-state index in [1.165, 1.54) is 0 Å². The molecule has 0 unspecified atom stereocenters. The quantitative estimate of drug-likeness (QED) is 0.908. The van der Waals surface area contributed by atoms with Crippen LogP contribution in [0.5, 0.6) is 17.2 Å². The second-order valence-corrected chi connectivity index (χ2v) is 5.01. The Morgan fingerprint density at radius 1 is 1.14 bits per heavy atom. The van der Waals surface area contributed by atoms with Crippen LogP contribution in [0.4, 0.5) is 0 Å². The van der Waals surface area contributed by atoms with Gasteiger partial charge in [0.05, 0.1) is 26.9 Å². The molecular weight excluding hydrogens is 308 g/mol. The summed E-state index contributed by atoms with van der Waals surface area (Å²) in [4.78, 5) is 14.5. The molecule has 2 rings (SSSR count). The van der Waals surface area contributed by atoms with Crippen LogP contribution >= 0.6 is 12.4 Å². The molecule has 1 amide bonds. The maximum absolute atomic E-state index is 12.7. The van der Waals surface area contributed by atoms with Crippen LogP contribution in [0.2, 0.25) is 0 Å². The SMILES string of the molecule is COc1cc(OC)c(C(=O)N2CCN[C@@H](C)C2)cc1OC.Cl. The number of methoxy groups -OCH3 is 3. The summed E-state index contributed by atoms with van der Waals surface area (Å²) < 4.78 is 15.8. The molecule has 1 aliphatic rings. The molecule has 124 valence electrons. The van der Waals surface area contributed by atoms with Crippen molar-refractivity contribution in [1.29, 1.82) is 0 Å². The first-order valence-corrected chi connectivity index (χ1v) is 6.93. The average Bonchev–Trinajstić information content (AvgIpc) is 2.52. The predicted molar refractivity (Wildman–Crippen MR) is 86.7 cm³/mol. The van der Waals surface area contributed by atoms with Crippen molar-refractivity contribution in [2.45, 2.75) is 13.0 Å². The van der Waals surface area contributed by atoms with E-state index in [1.807, 2.05) is 4.90 Å². The zero-order valence-corrected chi connectivity index (χ0v) is 14.2. The van der Waals surface area contributed by atoms with Crippen molar-refractivity contribution in [2.24, 2.45) is 0 Å². The summed E-state index contributed by atoms with van der Waals surface area (Å²) in [7, 11) is 4.64. The van der Waals surface area contributed by atoms with E-state index in [0.717, 1.165) is 6.54 Å². The summed E-state index contributed by atoms with van der Waals surface area (Å²) in [5.74, 6) is 1.49. The maximum Gasteiger partial charge on any atom is 0.257 e. The van der Waals surface area contributed by atoms with Gasteiger partial charge in [0, 0.05) is 37.8 Å². The molecule has 6 nitrogen and oxygen atoms in total. The molecule has 7 heteroatoms. The zero-order chi connectivity index (χ0) is 15.4.